The van der Waals surface area contributed by atoms with Gasteiger partial charge in [-0.05, 0) is 61.6 Å². The van der Waals surface area contributed by atoms with E-state index >= 15 is 0 Å². The summed E-state index contributed by atoms with van der Waals surface area (Å²) in [6.07, 6.45) is 8.51. The lowest BCUT2D eigenvalue weighted by Crippen LogP contribution is -2.29. The molecule has 0 saturated carbocycles. The molecule has 2 N–H and O–H groups in total. The summed E-state index contributed by atoms with van der Waals surface area (Å²) in [7, 11) is 0. The number of carbonyl (C=O) groups excluding carboxylic acids is 1. The average Bonchev–Trinajstić information content (AvgIpc) is 2.59. The minimum atomic E-state index is 0.0119. The number of anilines is 1. The van der Waals surface area contributed by atoms with E-state index in [4.69, 9.17) is 0 Å². The Bertz CT molecular complexity index is 706. The minimum absolute atomic E-state index is 0.0119. The number of allylic oxidation sites excluding steroid dienone is 1. The van der Waals surface area contributed by atoms with Crippen molar-refractivity contribution < 1.29 is 4.79 Å². The monoisotopic (exact) mass is 308 g/mol. The number of rotatable bonds is 6. The molecule has 1 aliphatic carbocycles. The van der Waals surface area contributed by atoms with Crippen molar-refractivity contribution in [3.05, 3.63) is 54.1 Å². The number of fused-ring (bicyclic) bond motifs is 1. The Morgan fingerprint density at radius 2 is 1.91 bits per heavy atom. The van der Waals surface area contributed by atoms with Gasteiger partial charge in [0.1, 0.15) is 0 Å². The first-order valence-electron chi connectivity index (χ1n) is 8.48. The number of amides is 1. The summed E-state index contributed by atoms with van der Waals surface area (Å²) in [6, 6.07) is 14.2. The Kier molecular flexibility index (Phi) is 5.43. The van der Waals surface area contributed by atoms with Crippen molar-refractivity contribution >= 4 is 22.4 Å². The van der Waals surface area contributed by atoms with Gasteiger partial charge in [0.15, 0.2) is 0 Å². The standard InChI is InChI=1S/C20H24N2O/c23-20(15-21-13-12-16-6-2-1-3-7-16)22-19-11-10-17-8-4-5-9-18(17)14-19/h4-6,8-11,14,21H,1-3,7,12-13,15H2,(H,22,23). The quantitative estimate of drug-likeness (QED) is 0.618. The van der Waals surface area contributed by atoms with Crippen LogP contribution in [0.5, 0.6) is 0 Å². The molecule has 0 saturated heterocycles. The molecule has 120 valence electrons. The first-order valence-corrected chi connectivity index (χ1v) is 8.48. The fourth-order valence-corrected chi connectivity index (χ4v) is 3.05. The van der Waals surface area contributed by atoms with Crippen molar-refractivity contribution in [3.63, 3.8) is 0 Å². The summed E-state index contributed by atoms with van der Waals surface area (Å²) in [6.45, 7) is 1.23. The SMILES string of the molecule is O=C(CNCCC1=CCCCC1)Nc1ccc2ccccc2c1. The lowest BCUT2D eigenvalue weighted by atomic mass is 9.97. The summed E-state index contributed by atoms with van der Waals surface area (Å²) < 4.78 is 0. The largest absolute Gasteiger partial charge is 0.325 e. The van der Waals surface area contributed by atoms with Crippen molar-refractivity contribution in [1.82, 2.24) is 5.32 Å². The van der Waals surface area contributed by atoms with Gasteiger partial charge < -0.3 is 10.6 Å². The fourth-order valence-electron chi connectivity index (χ4n) is 3.05. The lowest BCUT2D eigenvalue weighted by molar-refractivity contribution is -0.115. The van der Waals surface area contributed by atoms with E-state index in [1.54, 1.807) is 5.57 Å². The van der Waals surface area contributed by atoms with Crippen LogP contribution in [0.25, 0.3) is 10.8 Å². The van der Waals surface area contributed by atoms with Crippen molar-refractivity contribution in [3.8, 4) is 0 Å². The number of hydrogen-bond acceptors (Lipinski definition) is 2. The smallest absolute Gasteiger partial charge is 0.238 e. The Morgan fingerprint density at radius 1 is 1.04 bits per heavy atom. The molecule has 1 aliphatic rings. The van der Waals surface area contributed by atoms with Gasteiger partial charge in [0, 0.05) is 5.69 Å². The third-order valence-corrected chi connectivity index (χ3v) is 4.33. The topological polar surface area (TPSA) is 41.1 Å². The first-order chi connectivity index (χ1) is 11.3. The molecule has 0 radical (unpaired) electrons. The third kappa shape index (κ3) is 4.67. The van der Waals surface area contributed by atoms with E-state index in [-0.39, 0.29) is 5.91 Å². The van der Waals surface area contributed by atoms with Gasteiger partial charge in [-0.1, -0.05) is 42.0 Å². The number of nitrogens with one attached hydrogen (secondary N) is 2. The van der Waals surface area contributed by atoms with Crippen LogP contribution in [0.3, 0.4) is 0 Å². The van der Waals surface area contributed by atoms with Gasteiger partial charge in [0.25, 0.3) is 0 Å². The Labute approximate surface area is 137 Å². The molecule has 0 fully saturated rings. The summed E-state index contributed by atoms with van der Waals surface area (Å²) in [5.41, 5.74) is 2.39. The molecule has 0 aliphatic heterocycles. The Morgan fingerprint density at radius 3 is 2.74 bits per heavy atom. The summed E-state index contributed by atoms with van der Waals surface area (Å²) >= 11 is 0. The highest BCUT2D eigenvalue weighted by Gasteiger charge is 2.05. The van der Waals surface area contributed by atoms with Crippen LogP contribution >= 0.6 is 0 Å². The van der Waals surface area contributed by atoms with E-state index < -0.39 is 0 Å². The van der Waals surface area contributed by atoms with E-state index in [2.05, 4.69) is 28.8 Å². The molecule has 1 amide bonds. The van der Waals surface area contributed by atoms with Gasteiger partial charge >= 0.3 is 0 Å². The molecule has 0 aromatic heterocycles. The van der Waals surface area contributed by atoms with Gasteiger partial charge in [-0.15, -0.1) is 0 Å². The fraction of sp³-hybridized carbons (Fsp3) is 0.350. The predicted molar refractivity (Wildman–Crippen MR) is 96.6 cm³/mol. The number of benzene rings is 2. The second kappa shape index (κ2) is 7.93. The van der Waals surface area contributed by atoms with Gasteiger partial charge in [-0.25, -0.2) is 0 Å². The zero-order chi connectivity index (χ0) is 15.9. The van der Waals surface area contributed by atoms with Crippen LogP contribution in [0.1, 0.15) is 32.1 Å². The van der Waals surface area contributed by atoms with Crippen LogP contribution in [-0.2, 0) is 4.79 Å². The van der Waals surface area contributed by atoms with Gasteiger partial charge in [0.05, 0.1) is 6.54 Å². The molecule has 3 rings (SSSR count). The van der Waals surface area contributed by atoms with Gasteiger partial charge in [-0.2, -0.15) is 0 Å². The molecule has 23 heavy (non-hydrogen) atoms. The van der Waals surface area contributed by atoms with Crippen LogP contribution in [0.2, 0.25) is 0 Å². The van der Waals surface area contributed by atoms with Crippen LogP contribution in [-0.4, -0.2) is 19.0 Å². The summed E-state index contributed by atoms with van der Waals surface area (Å²) in [5, 5.41) is 8.52. The molecule has 0 unspecified atom stereocenters. The first kappa shape index (κ1) is 15.8. The molecular formula is C20H24N2O. The van der Waals surface area contributed by atoms with E-state index in [0.717, 1.165) is 24.0 Å². The minimum Gasteiger partial charge on any atom is -0.325 e. The highest BCUT2D eigenvalue weighted by Crippen LogP contribution is 2.20. The zero-order valence-corrected chi connectivity index (χ0v) is 13.5. The van der Waals surface area contributed by atoms with E-state index in [9.17, 15) is 4.79 Å². The number of hydrogen-bond donors (Lipinski definition) is 2. The molecular weight excluding hydrogens is 284 g/mol. The maximum absolute atomic E-state index is 12.0. The highest BCUT2D eigenvalue weighted by atomic mass is 16.1. The predicted octanol–water partition coefficient (Wildman–Crippen LogP) is 4.26. The Balaban J connectivity index is 1.44. The van der Waals surface area contributed by atoms with Crippen molar-refractivity contribution in [2.75, 3.05) is 18.4 Å². The normalized spacial score (nSPS) is 14.5. The van der Waals surface area contributed by atoms with E-state index in [1.165, 1.54) is 31.1 Å². The molecule has 2 aromatic carbocycles. The second-order valence-corrected chi connectivity index (χ2v) is 6.15. The lowest BCUT2D eigenvalue weighted by Gasteiger charge is -2.13. The maximum Gasteiger partial charge on any atom is 0.238 e. The van der Waals surface area contributed by atoms with Crippen LogP contribution < -0.4 is 10.6 Å². The van der Waals surface area contributed by atoms with Crippen LogP contribution in [0.4, 0.5) is 5.69 Å². The molecule has 0 atom stereocenters. The van der Waals surface area contributed by atoms with Gasteiger partial charge in [0.2, 0.25) is 5.91 Å². The molecule has 3 heteroatoms. The molecule has 0 bridgehead atoms. The van der Waals surface area contributed by atoms with Crippen molar-refractivity contribution in [2.24, 2.45) is 0 Å². The van der Waals surface area contributed by atoms with E-state index in [1.807, 2.05) is 30.3 Å². The Hall–Kier alpha value is -2.13. The van der Waals surface area contributed by atoms with Crippen LogP contribution in [0.15, 0.2) is 54.1 Å². The zero-order valence-electron chi connectivity index (χ0n) is 13.5. The summed E-state index contributed by atoms with van der Waals surface area (Å²) in [5.74, 6) is 0.0119. The maximum atomic E-state index is 12.0. The van der Waals surface area contributed by atoms with Gasteiger partial charge in [-0.3, -0.25) is 4.79 Å². The van der Waals surface area contributed by atoms with E-state index in [0.29, 0.717) is 6.54 Å². The number of carbonyl (C=O) groups is 1. The highest BCUT2D eigenvalue weighted by molar-refractivity contribution is 5.95. The molecule has 0 heterocycles. The average molecular weight is 308 g/mol. The van der Waals surface area contributed by atoms with Crippen molar-refractivity contribution in [2.45, 2.75) is 32.1 Å². The third-order valence-electron chi connectivity index (χ3n) is 4.33. The molecule has 3 nitrogen and oxygen atoms in total. The van der Waals surface area contributed by atoms with Crippen LogP contribution in [0, 0.1) is 0 Å². The molecule has 0 spiro atoms. The summed E-state index contributed by atoms with van der Waals surface area (Å²) in [4.78, 5) is 12.0. The second-order valence-electron chi connectivity index (χ2n) is 6.15. The molecule has 2 aromatic rings. The van der Waals surface area contributed by atoms with Crippen molar-refractivity contribution in [1.29, 1.82) is 0 Å².